The summed E-state index contributed by atoms with van der Waals surface area (Å²) in [4.78, 5) is 15.2. The van der Waals surface area contributed by atoms with Crippen molar-refractivity contribution in [3.8, 4) is 0 Å². The second-order valence-electron chi connectivity index (χ2n) is 7.66. The summed E-state index contributed by atoms with van der Waals surface area (Å²) in [5, 5.41) is 0.640. The zero-order valence-corrected chi connectivity index (χ0v) is 18.9. The first-order chi connectivity index (χ1) is 14.9. The standard InChI is InChI=1S/C22H25ClN2O5S/c1-16-2-7-19(31(27,28)25-9-11-29-12-10-25)14-20(16)22(26)24-8-13-30-21(15-24)17-3-5-18(23)6-4-17/h2-7,14,21H,8-13,15H2,1H3. The van der Waals surface area contributed by atoms with Crippen LogP contribution in [0.3, 0.4) is 0 Å². The molecule has 2 aromatic carbocycles. The molecule has 166 valence electrons. The number of rotatable bonds is 4. The second kappa shape index (κ2) is 9.26. The minimum Gasteiger partial charge on any atom is -0.379 e. The van der Waals surface area contributed by atoms with Crippen LogP contribution in [0.5, 0.6) is 0 Å². The van der Waals surface area contributed by atoms with Gasteiger partial charge in [0.25, 0.3) is 5.91 Å². The number of nitrogens with zero attached hydrogens (tertiary/aromatic N) is 2. The fourth-order valence-corrected chi connectivity index (χ4v) is 5.37. The van der Waals surface area contributed by atoms with Gasteiger partial charge in [-0.25, -0.2) is 8.42 Å². The number of halogens is 1. The van der Waals surface area contributed by atoms with Crippen LogP contribution in [0.25, 0.3) is 0 Å². The maximum Gasteiger partial charge on any atom is 0.254 e. The van der Waals surface area contributed by atoms with E-state index in [1.807, 2.05) is 19.1 Å². The van der Waals surface area contributed by atoms with Crippen LogP contribution < -0.4 is 0 Å². The summed E-state index contributed by atoms with van der Waals surface area (Å²) >= 11 is 5.97. The number of morpholine rings is 2. The molecule has 2 saturated heterocycles. The fourth-order valence-electron chi connectivity index (χ4n) is 3.81. The van der Waals surface area contributed by atoms with E-state index in [0.29, 0.717) is 56.6 Å². The highest BCUT2D eigenvalue weighted by Crippen LogP contribution is 2.26. The molecular formula is C22H25ClN2O5S. The number of aryl methyl sites for hydroxylation is 1. The van der Waals surface area contributed by atoms with Gasteiger partial charge in [-0.1, -0.05) is 29.8 Å². The number of amides is 1. The molecule has 2 fully saturated rings. The molecule has 1 amide bonds. The highest BCUT2D eigenvalue weighted by atomic mass is 35.5. The number of hydrogen-bond acceptors (Lipinski definition) is 5. The van der Waals surface area contributed by atoms with Crippen LogP contribution in [-0.4, -0.2) is 69.5 Å². The van der Waals surface area contributed by atoms with Crippen LogP contribution in [0, 0.1) is 6.92 Å². The minimum absolute atomic E-state index is 0.130. The molecule has 0 aliphatic carbocycles. The number of sulfonamides is 1. The molecule has 0 spiro atoms. The SMILES string of the molecule is Cc1ccc(S(=O)(=O)N2CCOCC2)cc1C(=O)N1CCOC(c2ccc(Cl)cc2)C1. The van der Waals surface area contributed by atoms with E-state index in [9.17, 15) is 13.2 Å². The second-order valence-corrected chi connectivity index (χ2v) is 10.0. The molecule has 1 atom stereocenters. The average molecular weight is 465 g/mol. The monoisotopic (exact) mass is 464 g/mol. The Bertz CT molecular complexity index is 1050. The van der Waals surface area contributed by atoms with Gasteiger partial charge in [0, 0.05) is 30.2 Å². The number of benzene rings is 2. The van der Waals surface area contributed by atoms with E-state index in [4.69, 9.17) is 21.1 Å². The van der Waals surface area contributed by atoms with Gasteiger partial charge in [0.15, 0.2) is 0 Å². The Labute approximate surface area is 187 Å². The number of ether oxygens (including phenoxy) is 2. The molecular weight excluding hydrogens is 440 g/mol. The van der Waals surface area contributed by atoms with Gasteiger partial charge in [0.2, 0.25) is 10.0 Å². The lowest BCUT2D eigenvalue weighted by Crippen LogP contribution is -2.43. The number of carbonyl (C=O) groups excluding carboxylic acids is 1. The van der Waals surface area contributed by atoms with Gasteiger partial charge in [-0.15, -0.1) is 0 Å². The Balaban J connectivity index is 1.56. The lowest BCUT2D eigenvalue weighted by molar-refractivity contribution is -0.0228. The van der Waals surface area contributed by atoms with Crippen LogP contribution >= 0.6 is 11.6 Å². The molecule has 0 aromatic heterocycles. The maximum atomic E-state index is 13.3. The predicted octanol–water partition coefficient (Wildman–Crippen LogP) is 2.88. The molecule has 0 radical (unpaired) electrons. The van der Waals surface area contributed by atoms with E-state index >= 15 is 0 Å². The van der Waals surface area contributed by atoms with Crippen molar-refractivity contribution in [1.29, 1.82) is 0 Å². The van der Waals surface area contributed by atoms with Crippen molar-refractivity contribution < 1.29 is 22.7 Å². The molecule has 2 aromatic rings. The molecule has 31 heavy (non-hydrogen) atoms. The zero-order chi connectivity index (χ0) is 22.0. The molecule has 7 nitrogen and oxygen atoms in total. The highest BCUT2D eigenvalue weighted by molar-refractivity contribution is 7.89. The van der Waals surface area contributed by atoms with Crippen LogP contribution in [-0.2, 0) is 19.5 Å². The third kappa shape index (κ3) is 4.78. The number of carbonyl (C=O) groups is 1. The van der Waals surface area contributed by atoms with Gasteiger partial charge >= 0.3 is 0 Å². The van der Waals surface area contributed by atoms with E-state index in [0.717, 1.165) is 11.1 Å². The highest BCUT2D eigenvalue weighted by Gasteiger charge is 2.30. The van der Waals surface area contributed by atoms with Crippen molar-refractivity contribution in [1.82, 2.24) is 9.21 Å². The molecule has 0 N–H and O–H groups in total. The van der Waals surface area contributed by atoms with Crippen LogP contribution in [0.2, 0.25) is 5.02 Å². The van der Waals surface area contributed by atoms with Crippen LogP contribution in [0.1, 0.15) is 27.6 Å². The molecule has 2 aliphatic rings. The quantitative estimate of drug-likeness (QED) is 0.695. The first-order valence-electron chi connectivity index (χ1n) is 10.2. The van der Waals surface area contributed by atoms with Crippen molar-refractivity contribution >= 4 is 27.5 Å². The first-order valence-corrected chi connectivity index (χ1v) is 12.0. The zero-order valence-electron chi connectivity index (χ0n) is 17.3. The molecule has 0 saturated carbocycles. The van der Waals surface area contributed by atoms with E-state index in [1.165, 1.54) is 10.4 Å². The summed E-state index contributed by atoms with van der Waals surface area (Å²) in [7, 11) is -3.68. The summed E-state index contributed by atoms with van der Waals surface area (Å²) in [6, 6.07) is 12.1. The van der Waals surface area contributed by atoms with Gasteiger partial charge in [0.1, 0.15) is 6.10 Å². The van der Waals surface area contributed by atoms with Crippen molar-refractivity contribution in [2.75, 3.05) is 46.0 Å². The molecule has 1 unspecified atom stereocenters. The van der Waals surface area contributed by atoms with Crippen molar-refractivity contribution in [2.45, 2.75) is 17.9 Å². The Hall–Kier alpha value is -1.97. The van der Waals surface area contributed by atoms with Gasteiger partial charge in [-0.05, 0) is 42.3 Å². The lowest BCUT2D eigenvalue weighted by atomic mass is 10.0. The van der Waals surface area contributed by atoms with E-state index < -0.39 is 10.0 Å². The smallest absolute Gasteiger partial charge is 0.254 e. The first kappa shape index (κ1) is 22.2. The van der Waals surface area contributed by atoms with Crippen molar-refractivity contribution in [3.05, 3.63) is 64.2 Å². The number of hydrogen-bond donors (Lipinski definition) is 0. The van der Waals surface area contributed by atoms with E-state index in [1.54, 1.807) is 29.2 Å². The molecule has 2 aliphatic heterocycles. The largest absolute Gasteiger partial charge is 0.379 e. The third-order valence-corrected chi connectivity index (χ3v) is 7.79. The summed E-state index contributed by atoms with van der Waals surface area (Å²) in [6.45, 7) is 4.42. The average Bonchev–Trinajstić information content (AvgIpc) is 2.80. The summed E-state index contributed by atoms with van der Waals surface area (Å²) in [6.07, 6.45) is -0.254. The van der Waals surface area contributed by atoms with Crippen LogP contribution in [0.15, 0.2) is 47.4 Å². The minimum atomic E-state index is -3.68. The predicted molar refractivity (Wildman–Crippen MR) is 117 cm³/mol. The summed E-state index contributed by atoms with van der Waals surface area (Å²) in [5.74, 6) is -0.196. The van der Waals surface area contributed by atoms with Gasteiger partial charge in [0.05, 0.1) is 31.3 Å². The van der Waals surface area contributed by atoms with Gasteiger partial charge in [-0.2, -0.15) is 4.31 Å². The molecule has 4 rings (SSSR count). The Morgan fingerprint density at radius 3 is 2.45 bits per heavy atom. The fraction of sp³-hybridized carbons (Fsp3) is 0.409. The topological polar surface area (TPSA) is 76.2 Å². The maximum absolute atomic E-state index is 13.3. The van der Waals surface area contributed by atoms with Crippen LogP contribution in [0.4, 0.5) is 0 Å². The van der Waals surface area contributed by atoms with Gasteiger partial charge < -0.3 is 14.4 Å². The Kier molecular flexibility index (Phi) is 6.64. The van der Waals surface area contributed by atoms with E-state index in [-0.39, 0.29) is 16.9 Å². The van der Waals surface area contributed by atoms with Crippen molar-refractivity contribution in [2.24, 2.45) is 0 Å². The molecule has 9 heteroatoms. The van der Waals surface area contributed by atoms with Crippen molar-refractivity contribution in [3.63, 3.8) is 0 Å². The Morgan fingerprint density at radius 1 is 1.03 bits per heavy atom. The van der Waals surface area contributed by atoms with Gasteiger partial charge in [-0.3, -0.25) is 4.79 Å². The normalized spacial score (nSPS) is 20.6. The summed E-state index contributed by atoms with van der Waals surface area (Å²) < 4.78 is 38.6. The molecule has 0 bridgehead atoms. The summed E-state index contributed by atoms with van der Waals surface area (Å²) in [5.41, 5.74) is 2.08. The Morgan fingerprint density at radius 2 is 1.74 bits per heavy atom. The molecule has 2 heterocycles. The van der Waals surface area contributed by atoms with E-state index in [2.05, 4.69) is 0 Å². The third-order valence-electron chi connectivity index (χ3n) is 5.64. The lowest BCUT2D eigenvalue weighted by Gasteiger charge is -2.33.